The highest BCUT2D eigenvalue weighted by atomic mass is 16.5. The van der Waals surface area contributed by atoms with E-state index in [0.29, 0.717) is 6.10 Å². The molecule has 2 heteroatoms. The van der Waals surface area contributed by atoms with Crippen molar-refractivity contribution in [3.63, 3.8) is 0 Å². The minimum Gasteiger partial charge on any atom is -0.379 e. The van der Waals surface area contributed by atoms with Gasteiger partial charge in [0.1, 0.15) is 0 Å². The lowest BCUT2D eigenvalue weighted by Crippen LogP contribution is -2.25. The van der Waals surface area contributed by atoms with Crippen molar-refractivity contribution in [2.75, 3.05) is 19.8 Å². The first-order chi connectivity index (χ1) is 5.43. The molecule has 1 rings (SSSR count). The topological polar surface area (TPSA) is 18.5 Å². The van der Waals surface area contributed by atoms with E-state index in [9.17, 15) is 0 Å². The number of hydrogen-bond acceptors (Lipinski definition) is 2. The van der Waals surface area contributed by atoms with Gasteiger partial charge in [-0.05, 0) is 19.3 Å². The Hall–Kier alpha value is -0.0800. The van der Waals surface area contributed by atoms with Gasteiger partial charge in [-0.3, -0.25) is 0 Å². The molecule has 1 saturated heterocycles. The maximum Gasteiger partial charge on any atom is 0.0809 e. The standard InChI is InChI=1S/C9H17O2/c1-2-3-7-11-9-5-4-6-10-8-9/h9H,1-8H2. The Morgan fingerprint density at radius 1 is 1.55 bits per heavy atom. The molecule has 0 aromatic rings. The fraction of sp³-hybridized carbons (Fsp3) is 0.889. The molecular formula is C9H17O2. The van der Waals surface area contributed by atoms with Crippen molar-refractivity contribution in [2.45, 2.75) is 31.8 Å². The third-order valence-electron chi connectivity index (χ3n) is 1.87. The highest BCUT2D eigenvalue weighted by Crippen LogP contribution is 2.09. The van der Waals surface area contributed by atoms with Crippen LogP contribution in [0.1, 0.15) is 25.7 Å². The second-order valence-electron chi connectivity index (χ2n) is 2.92. The fourth-order valence-electron chi connectivity index (χ4n) is 1.19. The monoisotopic (exact) mass is 157 g/mol. The summed E-state index contributed by atoms with van der Waals surface area (Å²) in [7, 11) is 0. The van der Waals surface area contributed by atoms with Crippen LogP contribution in [0, 0.1) is 6.92 Å². The quantitative estimate of drug-likeness (QED) is 0.579. The van der Waals surface area contributed by atoms with Gasteiger partial charge in [-0.25, -0.2) is 0 Å². The van der Waals surface area contributed by atoms with Crippen molar-refractivity contribution in [1.29, 1.82) is 0 Å². The molecule has 0 saturated carbocycles. The Morgan fingerprint density at radius 2 is 2.45 bits per heavy atom. The summed E-state index contributed by atoms with van der Waals surface area (Å²) in [4.78, 5) is 0. The summed E-state index contributed by atoms with van der Waals surface area (Å²) in [6.45, 7) is 6.30. The second-order valence-corrected chi connectivity index (χ2v) is 2.92. The smallest absolute Gasteiger partial charge is 0.0809 e. The molecule has 0 aromatic carbocycles. The maximum absolute atomic E-state index is 5.56. The number of rotatable bonds is 4. The van der Waals surface area contributed by atoms with Crippen LogP contribution in [0.25, 0.3) is 0 Å². The lowest BCUT2D eigenvalue weighted by molar-refractivity contribution is -0.0502. The molecule has 65 valence electrons. The number of unbranched alkanes of at least 4 members (excludes halogenated alkanes) is 1. The van der Waals surface area contributed by atoms with Gasteiger partial charge in [-0.1, -0.05) is 13.3 Å². The lowest BCUT2D eigenvalue weighted by Gasteiger charge is -2.22. The van der Waals surface area contributed by atoms with Crippen molar-refractivity contribution in [3.05, 3.63) is 6.92 Å². The van der Waals surface area contributed by atoms with E-state index >= 15 is 0 Å². The minimum absolute atomic E-state index is 0.357. The van der Waals surface area contributed by atoms with E-state index in [4.69, 9.17) is 9.47 Å². The Bertz CT molecular complexity index is 87.6. The summed E-state index contributed by atoms with van der Waals surface area (Å²) in [6.07, 6.45) is 4.70. The predicted octanol–water partition coefficient (Wildman–Crippen LogP) is 1.80. The van der Waals surface area contributed by atoms with Gasteiger partial charge in [-0.15, -0.1) is 0 Å². The molecule has 1 radical (unpaired) electrons. The molecular weight excluding hydrogens is 140 g/mol. The Kier molecular flexibility index (Phi) is 4.55. The third kappa shape index (κ3) is 3.73. The molecule has 0 amide bonds. The van der Waals surface area contributed by atoms with Crippen LogP contribution in [-0.2, 0) is 9.47 Å². The van der Waals surface area contributed by atoms with Crippen molar-refractivity contribution in [3.8, 4) is 0 Å². The summed E-state index contributed by atoms with van der Waals surface area (Å²) < 4.78 is 10.8. The van der Waals surface area contributed by atoms with Gasteiger partial charge < -0.3 is 9.47 Å². The van der Waals surface area contributed by atoms with Gasteiger partial charge in [0, 0.05) is 13.2 Å². The minimum atomic E-state index is 0.357. The summed E-state index contributed by atoms with van der Waals surface area (Å²) in [5, 5.41) is 0. The van der Waals surface area contributed by atoms with Crippen molar-refractivity contribution in [2.24, 2.45) is 0 Å². The van der Waals surface area contributed by atoms with Crippen LogP contribution in [0.15, 0.2) is 0 Å². The Balaban J connectivity index is 1.96. The van der Waals surface area contributed by atoms with E-state index < -0.39 is 0 Å². The first kappa shape index (κ1) is 9.01. The van der Waals surface area contributed by atoms with E-state index in [1.807, 2.05) is 0 Å². The van der Waals surface area contributed by atoms with Crippen LogP contribution in [0.5, 0.6) is 0 Å². The lowest BCUT2D eigenvalue weighted by atomic mass is 10.2. The Labute approximate surface area is 68.9 Å². The molecule has 1 fully saturated rings. The van der Waals surface area contributed by atoms with E-state index in [2.05, 4.69) is 6.92 Å². The SMILES string of the molecule is [CH2]CCCOC1CCCOC1. The van der Waals surface area contributed by atoms with Crippen molar-refractivity contribution in [1.82, 2.24) is 0 Å². The number of hydrogen-bond donors (Lipinski definition) is 0. The average molecular weight is 157 g/mol. The van der Waals surface area contributed by atoms with Crippen LogP contribution >= 0.6 is 0 Å². The summed E-state index contributed by atoms with van der Waals surface area (Å²) in [6, 6.07) is 0. The van der Waals surface area contributed by atoms with E-state index in [1.54, 1.807) is 0 Å². The van der Waals surface area contributed by atoms with Crippen LogP contribution in [0.2, 0.25) is 0 Å². The van der Waals surface area contributed by atoms with Gasteiger partial charge in [0.2, 0.25) is 0 Å². The molecule has 0 aromatic heterocycles. The van der Waals surface area contributed by atoms with Gasteiger partial charge in [-0.2, -0.15) is 0 Å². The molecule has 0 aliphatic carbocycles. The van der Waals surface area contributed by atoms with Crippen molar-refractivity contribution < 1.29 is 9.47 Å². The molecule has 1 heterocycles. The van der Waals surface area contributed by atoms with E-state index in [-0.39, 0.29) is 0 Å². The zero-order valence-electron chi connectivity index (χ0n) is 7.05. The van der Waals surface area contributed by atoms with Gasteiger partial charge in [0.25, 0.3) is 0 Å². The molecule has 0 bridgehead atoms. The fourth-order valence-corrected chi connectivity index (χ4v) is 1.19. The largest absolute Gasteiger partial charge is 0.379 e. The third-order valence-corrected chi connectivity index (χ3v) is 1.87. The number of ether oxygens (including phenoxy) is 2. The zero-order chi connectivity index (χ0) is 7.94. The second kappa shape index (κ2) is 5.56. The molecule has 2 nitrogen and oxygen atoms in total. The predicted molar refractivity (Wildman–Crippen MR) is 44.4 cm³/mol. The van der Waals surface area contributed by atoms with Crippen LogP contribution in [-0.4, -0.2) is 25.9 Å². The van der Waals surface area contributed by atoms with Gasteiger partial charge in [0.15, 0.2) is 0 Å². The summed E-state index contributed by atoms with van der Waals surface area (Å²) >= 11 is 0. The van der Waals surface area contributed by atoms with Gasteiger partial charge in [0.05, 0.1) is 12.7 Å². The van der Waals surface area contributed by atoms with Crippen LogP contribution < -0.4 is 0 Å². The average Bonchev–Trinajstić information content (AvgIpc) is 2.07. The molecule has 0 spiro atoms. The highest BCUT2D eigenvalue weighted by molar-refractivity contribution is 4.61. The van der Waals surface area contributed by atoms with Crippen LogP contribution in [0.3, 0.4) is 0 Å². The van der Waals surface area contributed by atoms with E-state index in [1.165, 1.54) is 0 Å². The zero-order valence-corrected chi connectivity index (χ0v) is 7.05. The normalized spacial score (nSPS) is 25.4. The summed E-state index contributed by atoms with van der Waals surface area (Å²) in [5.74, 6) is 0. The van der Waals surface area contributed by atoms with Crippen LogP contribution in [0.4, 0.5) is 0 Å². The van der Waals surface area contributed by atoms with Crippen molar-refractivity contribution >= 4 is 0 Å². The van der Waals surface area contributed by atoms with E-state index in [0.717, 1.165) is 45.5 Å². The molecule has 0 N–H and O–H groups in total. The molecule has 1 atom stereocenters. The summed E-state index contributed by atoms with van der Waals surface area (Å²) in [5.41, 5.74) is 0. The maximum atomic E-state index is 5.56. The molecule has 1 aliphatic rings. The highest BCUT2D eigenvalue weighted by Gasteiger charge is 2.12. The first-order valence-corrected chi connectivity index (χ1v) is 4.42. The van der Waals surface area contributed by atoms with Gasteiger partial charge >= 0.3 is 0 Å². The molecule has 1 unspecified atom stereocenters. The first-order valence-electron chi connectivity index (χ1n) is 4.42. The molecule has 1 aliphatic heterocycles. The Morgan fingerprint density at radius 3 is 3.09 bits per heavy atom. The molecule has 11 heavy (non-hydrogen) atoms.